The van der Waals surface area contributed by atoms with Crippen molar-refractivity contribution in [1.82, 2.24) is 9.78 Å². The van der Waals surface area contributed by atoms with Gasteiger partial charge in [0, 0.05) is 17.4 Å². The molecule has 0 atom stereocenters. The molecule has 1 rings (SSSR count). The second-order valence-electron chi connectivity index (χ2n) is 1.91. The minimum absolute atomic E-state index is 0.237. The van der Waals surface area contributed by atoms with Gasteiger partial charge < -0.3 is 0 Å². The molecule has 2 nitrogen and oxygen atoms in total. The Kier molecular flexibility index (Phi) is 2.43. The Balaban J connectivity index is 2.97. The summed E-state index contributed by atoms with van der Waals surface area (Å²) >= 11 is 3.16. The zero-order valence-electron chi connectivity index (χ0n) is 5.64. The number of hydrogen-bond donors (Lipinski definition) is 0. The van der Waals surface area contributed by atoms with Crippen LogP contribution in [-0.2, 0) is 11.9 Å². The largest absolute Gasteiger partial charge is 0.240 e. The average Bonchev–Trinajstić information content (AvgIpc) is 2.30. The van der Waals surface area contributed by atoms with Crippen molar-refractivity contribution in [2.45, 2.75) is 18.8 Å². The lowest BCUT2D eigenvalue weighted by Gasteiger charge is -1.94. The molecule has 10 heavy (non-hydrogen) atoms. The highest BCUT2D eigenvalue weighted by Crippen LogP contribution is 2.09. The van der Waals surface area contributed by atoms with E-state index >= 15 is 0 Å². The van der Waals surface area contributed by atoms with Gasteiger partial charge in [-0.3, -0.25) is 0 Å². The van der Waals surface area contributed by atoms with Gasteiger partial charge in [0.05, 0.1) is 6.20 Å². The maximum atomic E-state index is 12.9. The highest BCUT2D eigenvalue weighted by molar-refractivity contribution is 9.08. The van der Waals surface area contributed by atoms with E-state index in [9.17, 15) is 4.39 Å². The normalized spacial score (nSPS) is 10.3. The summed E-state index contributed by atoms with van der Waals surface area (Å²) in [6.07, 6.45) is 1.54. The molecule has 0 aromatic carbocycles. The standard InChI is InChI=1S/C6H8BrFN2/c1-2-10-6(8)5(3-7)4-9-10/h4H,2-3H2,1H3. The van der Waals surface area contributed by atoms with Crippen LogP contribution in [0.1, 0.15) is 12.5 Å². The molecule has 0 aliphatic carbocycles. The van der Waals surface area contributed by atoms with Gasteiger partial charge in [-0.15, -0.1) is 0 Å². The lowest BCUT2D eigenvalue weighted by Crippen LogP contribution is -1.99. The Morgan fingerprint density at radius 1 is 1.80 bits per heavy atom. The maximum absolute atomic E-state index is 12.9. The molecule has 4 heteroatoms. The van der Waals surface area contributed by atoms with Gasteiger partial charge in [-0.05, 0) is 6.92 Å². The monoisotopic (exact) mass is 206 g/mol. The van der Waals surface area contributed by atoms with Crippen molar-refractivity contribution in [2.24, 2.45) is 0 Å². The van der Waals surface area contributed by atoms with E-state index in [2.05, 4.69) is 21.0 Å². The van der Waals surface area contributed by atoms with Crippen LogP contribution in [-0.4, -0.2) is 9.78 Å². The molecule has 1 heterocycles. The molecule has 0 radical (unpaired) electrons. The lowest BCUT2D eigenvalue weighted by atomic mass is 10.4. The fourth-order valence-electron chi connectivity index (χ4n) is 0.719. The van der Waals surface area contributed by atoms with E-state index in [1.807, 2.05) is 6.92 Å². The summed E-state index contributed by atoms with van der Waals surface area (Å²) in [5.74, 6) is -0.237. The van der Waals surface area contributed by atoms with Gasteiger partial charge in [0.2, 0.25) is 5.95 Å². The third kappa shape index (κ3) is 1.21. The fourth-order valence-corrected chi connectivity index (χ4v) is 1.10. The van der Waals surface area contributed by atoms with Gasteiger partial charge in [0.15, 0.2) is 0 Å². The highest BCUT2D eigenvalue weighted by atomic mass is 79.9. The van der Waals surface area contributed by atoms with Crippen molar-refractivity contribution in [3.05, 3.63) is 17.7 Å². The van der Waals surface area contributed by atoms with E-state index < -0.39 is 0 Å². The third-order valence-corrected chi connectivity index (χ3v) is 1.89. The van der Waals surface area contributed by atoms with Gasteiger partial charge in [0.1, 0.15) is 0 Å². The number of hydrogen-bond acceptors (Lipinski definition) is 1. The van der Waals surface area contributed by atoms with E-state index in [1.54, 1.807) is 0 Å². The van der Waals surface area contributed by atoms with E-state index in [-0.39, 0.29) is 5.95 Å². The van der Waals surface area contributed by atoms with Crippen molar-refractivity contribution in [2.75, 3.05) is 0 Å². The van der Waals surface area contributed by atoms with Crippen LogP contribution in [0.15, 0.2) is 6.20 Å². The van der Waals surface area contributed by atoms with Crippen molar-refractivity contribution in [3.63, 3.8) is 0 Å². The predicted octanol–water partition coefficient (Wildman–Crippen LogP) is 1.94. The molecule has 0 unspecified atom stereocenters. The fraction of sp³-hybridized carbons (Fsp3) is 0.500. The van der Waals surface area contributed by atoms with Crippen LogP contribution in [0.4, 0.5) is 4.39 Å². The summed E-state index contributed by atoms with van der Waals surface area (Å²) in [6, 6.07) is 0. The molecule has 0 saturated heterocycles. The van der Waals surface area contributed by atoms with Crippen molar-refractivity contribution in [3.8, 4) is 0 Å². The molecule has 0 aliphatic heterocycles. The Labute approximate surface area is 67.2 Å². The summed E-state index contributed by atoms with van der Waals surface area (Å²) in [4.78, 5) is 0. The number of alkyl halides is 1. The van der Waals surface area contributed by atoms with Crippen LogP contribution in [0.2, 0.25) is 0 Å². The van der Waals surface area contributed by atoms with E-state index in [0.717, 1.165) is 0 Å². The van der Waals surface area contributed by atoms with Crippen LogP contribution in [0, 0.1) is 5.95 Å². The summed E-state index contributed by atoms with van der Waals surface area (Å²) in [5, 5.41) is 4.34. The summed E-state index contributed by atoms with van der Waals surface area (Å²) in [6.45, 7) is 2.44. The number of halogens is 2. The van der Waals surface area contributed by atoms with Crippen LogP contribution in [0.3, 0.4) is 0 Å². The molecule has 0 N–H and O–H groups in total. The number of nitrogens with zero attached hydrogens (tertiary/aromatic N) is 2. The molecule has 0 aliphatic rings. The Bertz CT molecular complexity index is 200. The Morgan fingerprint density at radius 2 is 2.50 bits per heavy atom. The zero-order valence-corrected chi connectivity index (χ0v) is 7.23. The highest BCUT2D eigenvalue weighted by Gasteiger charge is 2.05. The molecule has 56 valence electrons. The topological polar surface area (TPSA) is 17.8 Å². The first-order valence-electron chi connectivity index (χ1n) is 3.05. The van der Waals surface area contributed by atoms with E-state index in [4.69, 9.17) is 0 Å². The van der Waals surface area contributed by atoms with E-state index in [1.165, 1.54) is 10.9 Å². The average molecular weight is 207 g/mol. The Hall–Kier alpha value is -0.380. The molecule has 0 bridgehead atoms. The minimum atomic E-state index is -0.237. The molecular formula is C6H8BrFN2. The first-order valence-corrected chi connectivity index (χ1v) is 4.18. The van der Waals surface area contributed by atoms with Crippen LogP contribution >= 0.6 is 15.9 Å². The van der Waals surface area contributed by atoms with Gasteiger partial charge in [-0.2, -0.15) is 9.49 Å². The van der Waals surface area contributed by atoms with Gasteiger partial charge in [-0.25, -0.2) is 4.68 Å². The smallest absolute Gasteiger partial charge is 0.215 e. The second kappa shape index (κ2) is 3.14. The Morgan fingerprint density at radius 3 is 2.80 bits per heavy atom. The summed E-state index contributed by atoms with van der Waals surface area (Å²) < 4.78 is 14.2. The van der Waals surface area contributed by atoms with Gasteiger partial charge in [0.25, 0.3) is 0 Å². The maximum Gasteiger partial charge on any atom is 0.215 e. The molecule has 0 fully saturated rings. The first-order chi connectivity index (χ1) is 4.79. The second-order valence-corrected chi connectivity index (χ2v) is 2.47. The van der Waals surface area contributed by atoms with Crippen molar-refractivity contribution in [1.29, 1.82) is 0 Å². The van der Waals surface area contributed by atoms with Crippen LogP contribution < -0.4 is 0 Å². The summed E-state index contributed by atoms with van der Waals surface area (Å²) in [7, 11) is 0. The van der Waals surface area contributed by atoms with E-state index in [0.29, 0.717) is 17.4 Å². The molecule has 0 saturated carbocycles. The number of aryl methyl sites for hydroxylation is 1. The first kappa shape index (κ1) is 7.72. The molecule has 1 aromatic heterocycles. The van der Waals surface area contributed by atoms with Gasteiger partial charge >= 0.3 is 0 Å². The SMILES string of the molecule is CCn1ncc(CBr)c1F. The number of aromatic nitrogens is 2. The predicted molar refractivity (Wildman–Crippen MR) is 40.5 cm³/mol. The molecule has 1 aromatic rings. The van der Waals surface area contributed by atoms with Gasteiger partial charge in [-0.1, -0.05) is 15.9 Å². The lowest BCUT2D eigenvalue weighted by molar-refractivity contribution is 0.466. The zero-order chi connectivity index (χ0) is 7.56. The summed E-state index contributed by atoms with van der Waals surface area (Å²) in [5.41, 5.74) is 0.613. The minimum Gasteiger partial charge on any atom is -0.240 e. The molecular weight excluding hydrogens is 199 g/mol. The third-order valence-electron chi connectivity index (χ3n) is 1.29. The molecule has 0 spiro atoms. The number of rotatable bonds is 2. The molecule has 0 amide bonds. The quantitative estimate of drug-likeness (QED) is 0.677. The van der Waals surface area contributed by atoms with Crippen LogP contribution in [0.5, 0.6) is 0 Å². The van der Waals surface area contributed by atoms with Crippen molar-refractivity contribution < 1.29 is 4.39 Å². The van der Waals surface area contributed by atoms with Crippen LogP contribution in [0.25, 0.3) is 0 Å². The van der Waals surface area contributed by atoms with Crippen molar-refractivity contribution >= 4 is 15.9 Å².